The SMILES string of the molecule is Cc1ccc2c(c1)c(C(=O)C(=O)Nc1cccc(Cl)c1)c(C(F)(F)F)n2Cc1ccc(Cl)cc1Cl. The Bertz CT molecular complexity index is 1480. The molecule has 4 nitrogen and oxygen atoms in total. The second kappa shape index (κ2) is 9.57. The van der Waals surface area contributed by atoms with E-state index >= 15 is 0 Å². The molecule has 1 aromatic heterocycles. The zero-order valence-electron chi connectivity index (χ0n) is 18.0. The van der Waals surface area contributed by atoms with E-state index in [0.717, 1.165) is 4.57 Å². The highest BCUT2D eigenvalue weighted by atomic mass is 35.5. The molecule has 4 aromatic rings. The smallest absolute Gasteiger partial charge is 0.332 e. The minimum atomic E-state index is -4.95. The van der Waals surface area contributed by atoms with Crippen molar-refractivity contribution in [3.05, 3.63) is 98.1 Å². The van der Waals surface area contributed by atoms with Gasteiger partial charge in [-0.15, -0.1) is 0 Å². The summed E-state index contributed by atoms with van der Waals surface area (Å²) in [7, 11) is 0. The maximum Gasteiger partial charge on any atom is 0.432 e. The lowest BCUT2D eigenvalue weighted by molar-refractivity contribution is -0.143. The number of aromatic nitrogens is 1. The van der Waals surface area contributed by atoms with Crippen molar-refractivity contribution >= 4 is 63.1 Å². The van der Waals surface area contributed by atoms with E-state index in [4.69, 9.17) is 34.8 Å². The van der Waals surface area contributed by atoms with E-state index in [2.05, 4.69) is 5.32 Å². The Morgan fingerprint density at radius 3 is 2.31 bits per heavy atom. The molecule has 180 valence electrons. The fourth-order valence-corrected chi connectivity index (χ4v) is 4.50. The van der Waals surface area contributed by atoms with Gasteiger partial charge >= 0.3 is 6.18 Å². The van der Waals surface area contributed by atoms with E-state index in [1.54, 1.807) is 19.1 Å². The average molecular weight is 540 g/mol. The van der Waals surface area contributed by atoms with Crippen LogP contribution in [0.4, 0.5) is 18.9 Å². The molecule has 0 aliphatic rings. The zero-order chi connectivity index (χ0) is 25.5. The molecule has 3 aromatic carbocycles. The minimum Gasteiger partial charge on any atom is -0.332 e. The number of Topliss-reactive ketones (excluding diaryl/α,β-unsaturated/α-hetero) is 1. The van der Waals surface area contributed by atoms with Gasteiger partial charge in [0, 0.05) is 38.2 Å². The Balaban J connectivity index is 1.90. The van der Waals surface area contributed by atoms with Crippen molar-refractivity contribution in [2.24, 2.45) is 0 Å². The highest BCUT2D eigenvalue weighted by Crippen LogP contribution is 2.40. The Morgan fingerprint density at radius 1 is 0.943 bits per heavy atom. The molecular formula is C25H16Cl3F3N2O2. The summed E-state index contributed by atoms with van der Waals surface area (Å²) in [4.78, 5) is 26.0. The van der Waals surface area contributed by atoms with Gasteiger partial charge in [0.05, 0.1) is 5.56 Å². The van der Waals surface area contributed by atoms with Crippen LogP contribution in [0.5, 0.6) is 0 Å². The molecule has 0 fully saturated rings. The van der Waals surface area contributed by atoms with Crippen LogP contribution in [0.2, 0.25) is 15.1 Å². The van der Waals surface area contributed by atoms with Gasteiger partial charge in [-0.2, -0.15) is 13.2 Å². The van der Waals surface area contributed by atoms with Gasteiger partial charge in [-0.05, 0) is 55.0 Å². The number of hydrogen-bond donors (Lipinski definition) is 1. The quantitative estimate of drug-likeness (QED) is 0.208. The number of aryl methyl sites for hydroxylation is 1. The Kier molecular flexibility index (Phi) is 6.86. The number of nitrogens with one attached hydrogen (secondary N) is 1. The maximum atomic E-state index is 14.4. The minimum absolute atomic E-state index is 0.00801. The number of carbonyl (C=O) groups is 2. The lowest BCUT2D eigenvalue weighted by Gasteiger charge is -2.15. The summed E-state index contributed by atoms with van der Waals surface area (Å²) < 4.78 is 44.3. The van der Waals surface area contributed by atoms with Crippen molar-refractivity contribution in [1.29, 1.82) is 0 Å². The van der Waals surface area contributed by atoms with E-state index in [0.29, 0.717) is 21.2 Å². The highest BCUT2D eigenvalue weighted by Gasteiger charge is 2.42. The van der Waals surface area contributed by atoms with Gasteiger partial charge in [0.25, 0.3) is 11.7 Å². The van der Waals surface area contributed by atoms with Crippen molar-refractivity contribution < 1.29 is 22.8 Å². The summed E-state index contributed by atoms with van der Waals surface area (Å²) in [5.74, 6) is -2.54. The Labute approximate surface area is 213 Å². The van der Waals surface area contributed by atoms with Crippen LogP contribution in [0.3, 0.4) is 0 Å². The van der Waals surface area contributed by atoms with Crippen molar-refractivity contribution in [2.45, 2.75) is 19.6 Å². The van der Waals surface area contributed by atoms with Crippen LogP contribution in [-0.2, 0) is 17.5 Å². The number of anilines is 1. The van der Waals surface area contributed by atoms with Gasteiger partial charge in [0.15, 0.2) is 0 Å². The summed E-state index contributed by atoms with van der Waals surface area (Å²) >= 11 is 18.0. The van der Waals surface area contributed by atoms with Gasteiger partial charge in [-0.25, -0.2) is 0 Å². The van der Waals surface area contributed by atoms with Crippen LogP contribution in [0, 0.1) is 6.92 Å². The molecule has 1 N–H and O–H groups in total. The van der Waals surface area contributed by atoms with Gasteiger partial charge in [0.1, 0.15) is 5.69 Å². The molecule has 0 radical (unpaired) electrons. The topological polar surface area (TPSA) is 51.1 Å². The fraction of sp³-hybridized carbons (Fsp3) is 0.120. The standard InChI is InChI=1S/C25H16Cl3F3N2O2/c1-13-5-8-20-18(9-13)21(22(34)24(35)32-17-4-2-3-15(26)10-17)23(25(29,30)31)33(20)12-14-6-7-16(27)11-19(14)28/h2-11H,12H2,1H3,(H,32,35). The molecule has 4 rings (SSSR count). The first-order chi connectivity index (χ1) is 16.5. The molecule has 35 heavy (non-hydrogen) atoms. The normalized spacial score (nSPS) is 11.6. The number of fused-ring (bicyclic) bond motifs is 1. The molecule has 0 saturated heterocycles. The van der Waals surface area contributed by atoms with Crippen LogP contribution in [0.1, 0.15) is 27.2 Å². The predicted octanol–water partition coefficient (Wildman–Crippen LogP) is 7.80. The first kappa shape index (κ1) is 25.1. The van der Waals surface area contributed by atoms with E-state index in [1.165, 1.54) is 48.5 Å². The zero-order valence-corrected chi connectivity index (χ0v) is 20.3. The third-order valence-corrected chi connectivity index (χ3v) is 6.17. The number of benzene rings is 3. The number of amides is 1. The summed E-state index contributed by atoms with van der Waals surface area (Å²) in [6.45, 7) is 1.38. The number of ketones is 1. The Morgan fingerprint density at radius 2 is 1.66 bits per heavy atom. The number of carbonyl (C=O) groups excluding carboxylic acids is 2. The number of hydrogen-bond acceptors (Lipinski definition) is 2. The molecule has 0 aliphatic heterocycles. The first-order valence-corrected chi connectivity index (χ1v) is 11.3. The van der Waals surface area contributed by atoms with Crippen LogP contribution >= 0.6 is 34.8 Å². The first-order valence-electron chi connectivity index (χ1n) is 10.2. The summed E-state index contributed by atoms with van der Waals surface area (Å²) in [5.41, 5.74) is -0.681. The van der Waals surface area contributed by atoms with Crippen molar-refractivity contribution in [2.75, 3.05) is 5.32 Å². The number of halogens is 6. The van der Waals surface area contributed by atoms with Crippen LogP contribution < -0.4 is 5.32 Å². The van der Waals surface area contributed by atoms with Crippen LogP contribution in [0.25, 0.3) is 10.9 Å². The molecule has 0 spiro atoms. The monoisotopic (exact) mass is 538 g/mol. The van der Waals surface area contributed by atoms with Crippen molar-refractivity contribution in [3.8, 4) is 0 Å². The van der Waals surface area contributed by atoms with E-state index < -0.39 is 29.1 Å². The number of nitrogens with zero attached hydrogens (tertiary/aromatic N) is 1. The molecule has 10 heteroatoms. The average Bonchev–Trinajstić information content (AvgIpc) is 3.08. The van der Waals surface area contributed by atoms with E-state index in [-0.39, 0.29) is 28.2 Å². The molecule has 0 saturated carbocycles. The molecular weight excluding hydrogens is 524 g/mol. The highest BCUT2D eigenvalue weighted by molar-refractivity contribution is 6.49. The van der Waals surface area contributed by atoms with Crippen molar-refractivity contribution in [1.82, 2.24) is 4.57 Å². The molecule has 0 aliphatic carbocycles. The summed E-state index contributed by atoms with van der Waals surface area (Å²) in [5, 5.41) is 3.13. The van der Waals surface area contributed by atoms with Gasteiger partial charge < -0.3 is 9.88 Å². The fourth-order valence-electron chi connectivity index (χ4n) is 3.85. The lowest BCUT2D eigenvalue weighted by Crippen LogP contribution is -2.26. The Hall–Kier alpha value is -3.00. The predicted molar refractivity (Wildman–Crippen MR) is 132 cm³/mol. The lowest BCUT2D eigenvalue weighted by atomic mass is 10.0. The van der Waals surface area contributed by atoms with E-state index in [9.17, 15) is 22.8 Å². The van der Waals surface area contributed by atoms with Crippen LogP contribution in [-0.4, -0.2) is 16.3 Å². The molecule has 0 atom stereocenters. The van der Waals surface area contributed by atoms with Gasteiger partial charge in [-0.3, -0.25) is 9.59 Å². The van der Waals surface area contributed by atoms with Gasteiger partial charge in [-0.1, -0.05) is 58.6 Å². The summed E-state index contributed by atoms with van der Waals surface area (Å²) in [6, 6.07) is 14.9. The van der Waals surface area contributed by atoms with Crippen molar-refractivity contribution in [3.63, 3.8) is 0 Å². The molecule has 1 heterocycles. The second-order valence-electron chi connectivity index (χ2n) is 7.86. The molecule has 1 amide bonds. The number of rotatable bonds is 5. The number of alkyl halides is 3. The second-order valence-corrected chi connectivity index (χ2v) is 9.14. The third-order valence-electron chi connectivity index (χ3n) is 5.35. The van der Waals surface area contributed by atoms with Crippen LogP contribution in [0.15, 0.2) is 60.7 Å². The maximum absolute atomic E-state index is 14.4. The largest absolute Gasteiger partial charge is 0.432 e. The molecule has 0 bridgehead atoms. The van der Waals surface area contributed by atoms with E-state index in [1.807, 2.05) is 0 Å². The van der Waals surface area contributed by atoms with Gasteiger partial charge in [0.2, 0.25) is 0 Å². The molecule has 0 unspecified atom stereocenters. The summed E-state index contributed by atoms with van der Waals surface area (Å²) in [6.07, 6.45) is -4.95. The third kappa shape index (κ3) is 5.17.